The number of nitrogens with zero attached hydrogens (tertiary/aromatic N) is 1. The van der Waals surface area contributed by atoms with Gasteiger partial charge in [-0.05, 0) is 12.1 Å². The summed E-state index contributed by atoms with van der Waals surface area (Å²) in [6.45, 7) is 0.245. The molecule has 0 radical (unpaired) electrons. The van der Waals surface area contributed by atoms with Crippen LogP contribution in [-0.4, -0.2) is 62.8 Å². The summed E-state index contributed by atoms with van der Waals surface area (Å²) in [4.78, 5) is 12.1. The van der Waals surface area contributed by atoms with Gasteiger partial charge in [-0.25, -0.2) is 12.7 Å². The van der Waals surface area contributed by atoms with E-state index in [0.717, 1.165) is 4.31 Å². The number of aliphatic hydroxyl groups is 1. The van der Waals surface area contributed by atoms with Crippen LogP contribution in [0.2, 0.25) is 0 Å². The molecule has 0 aromatic carbocycles. The normalized spacial score (nSPS) is 22.2. The van der Waals surface area contributed by atoms with Gasteiger partial charge in [-0.3, -0.25) is 4.79 Å². The molecular weight excluding hydrogens is 312 g/mol. The van der Waals surface area contributed by atoms with Crippen molar-refractivity contribution in [2.45, 2.75) is 12.6 Å². The van der Waals surface area contributed by atoms with E-state index in [0.29, 0.717) is 5.76 Å². The summed E-state index contributed by atoms with van der Waals surface area (Å²) in [7, 11) is -0.429. The molecule has 2 heterocycles. The molecule has 124 valence electrons. The lowest BCUT2D eigenvalue weighted by molar-refractivity contribution is 0.0893. The average molecular weight is 332 g/mol. The lowest BCUT2D eigenvalue weighted by Gasteiger charge is -2.20. The van der Waals surface area contributed by atoms with Gasteiger partial charge in [0.1, 0.15) is 12.4 Å². The predicted octanol–water partition coefficient (Wildman–Crippen LogP) is -0.592. The number of ether oxygens (including phenoxy) is 1. The van der Waals surface area contributed by atoms with E-state index in [2.05, 4.69) is 5.32 Å². The molecule has 0 saturated carbocycles. The maximum atomic E-state index is 12.1. The summed E-state index contributed by atoms with van der Waals surface area (Å²) >= 11 is 0. The highest BCUT2D eigenvalue weighted by Crippen LogP contribution is 2.18. The molecule has 0 unspecified atom stereocenters. The van der Waals surface area contributed by atoms with Crippen molar-refractivity contribution in [3.8, 4) is 0 Å². The number of carbonyl (C=O) groups excluding carboxylic acids is 1. The number of nitrogens with one attached hydrogen (secondary N) is 1. The molecule has 1 amide bonds. The van der Waals surface area contributed by atoms with Gasteiger partial charge < -0.3 is 19.6 Å². The van der Waals surface area contributed by atoms with E-state index in [1.54, 1.807) is 0 Å². The van der Waals surface area contributed by atoms with Crippen LogP contribution in [0.25, 0.3) is 0 Å². The Morgan fingerprint density at radius 3 is 2.73 bits per heavy atom. The molecule has 8 nitrogen and oxygen atoms in total. The summed E-state index contributed by atoms with van der Waals surface area (Å²) in [5, 5.41) is 11.6. The van der Waals surface area contributed by atoms with Gasteiger partial charge in [-0.2, -0.15) is 0 Å². The minimum absolute atomic E-state index is 0.0742. The standard InChI is InChI=1S/C13H20N2O6S/c1-15(2)22(18,19)8-9-6-20-7-11(9)14-13(17)12-4-3-10(5-16)21-12/h3-4,9,11,16H,5-8H2,1-2H3,(H,14,17)/t9-,11-/m0/s1. The molecule has 2 rings (SSSR count). The zero-order valence-corrected chi connectivity index (χ0v) is 13.3. The van der Waals surface area contributed by atoms with Crippen molar-refractivity contribution in [3.05, 3.63) is 23.7 Å². The maximum absolute atomic E-state index is 12.1. The second kappa shape index (κ2) is 6.78. The van der Waals surface area contributed by atoms with Crippen LogP contribution in [0.3, 0.4) is 0 Å². The van der Waals surface area contributed by atoms with Crippen LogP contribution in [0.1, 0.15) is 16.3 Å². The molecule has 1 aliphatic rings. The highest BCUT2D eigenvalue weighted by atomic mass is 32.2. The molecule has 2 N–H and O–H groups in total. The highest BCUT2D eigenvalue weighted by molar-refractivity contribution is 7.89. The Balaban J connectivity index is 2.00. The minimum Gasteiger partial charge on any atom is -0.453 e. The largest absolute Gasteiger partial charge is 0.453 e. The Labute approximate surface area is 129 Å². The van der Waals surface area contributed by atoms with Crippen LogP contribution in [0.15, 0.2) is 16.5 Å². The first-order valence-electron chi connectivity index (χ1n) is 6.82. The fourth-order valence-electron chi connectivity index (χ4n) is 2.17. The Morgan fingerprint density at radius 2 is 2.14 bits per heavy atom. The fraction of sp³-hybridized carbons (Fsp3) is 0.615. The summed E-state index contributed by atoms with van der Waals surface area (Å²) in [6.07, 6.45) is 0. The zero-order chi connectivity index (χ0) is 16.3. The number of furan rings is 1. The Morgan fingerprint density at radius 1 is 1.41 bits per heavy atom. The second-order valence-corrected chi connectivity index (χ2v) is 7.59. The van der Waals surface area contributed by atoms with E-state index in [4.69, 9.17) is 14.3 Å². The van der Waals surface area contributed by atoms with E-state index in [9.17, 15) is 13.2 Å². The number of aliphatic hydroxyl groups excluding tert-OH is 1. The van der Waals surface area contributed by atoms with E-state index >= 15 is 0 Å². The van der Waals surface area contributed by atoms with Crippen molar-refractivity contribution < 1.29 is 27.5 Å². The van der Waals surface area contributed by atoms with Gasteiger partial charge in [0, 0.05) is 20.0 Å². The molecule has 2 atom stereocenters. The Bertz CT molecular complexity index is 624. The topological polar surface area (TPSA) is 109 Å². The van der Waals surface area contributed by atoms with Gasteiger partial charge in [0.25, 0.3) is 5.91 Å². The zero-order valence-electron chi connectivity index (χ0n) is 12.5. The molecule has 1 aromatic heterocycles. The third-order valence-corrected chi connectivity index (χ3v) is 5.50. The van der Waals surface area contributed by atoms with Gasteiger partial charge >= 0.3 is 0 Å². The summed E-state index contributed by atoms with van der Waals surface area (Å²) in [5.41, 5.74) is 0. The third kappa shape index (κ3) is 3.86. The molecular formula is C13H20N2O6S. The molecule has 9 heteroatoms. The van der Waals surface area contributed by atoms with Gasteiger partial charge in [0.05, 0.1) is 25.0 Å². The quantitative estimate of drug-likeness (QED) is 0.720. The first-order valence-corrected chi connectivity index (χ1v) is 8.43. The van der Waals surface area contributed by atoms with Crippen LogP contribution in [0.5, 0.6) is 0 Å². The van der Waals surface area contributed by atoms with Crippen LogP contribution in [0, 0.1) is 5.92 Å². The van der Waals surface area contributed by atoms with Crippen LogP contribution in [-0.2, 0) is 21.4 Å². The third-order valence-electron chi connectivity index (χ3n) is 3.54. The first-order chi connectivity index (χ1) is 10.3. The molecule has 1 saturated heterocycles. The van der Waals surface area contributed by atoms with E-state index in [-0.39, 0.29) is 37.3 Å². The molecule has 1 fully saturated rings. The van der Waals surface area contributed by atoms with Crippen molar-refractivity contribution in [2.24, 2.45) is 5.92 Å². The van der Waals surface area contributed by atoms with Gasteiger partial charge in [-0.1, -0.05) is 0 Å². The molecule has 22 heavy (non-hydrogen) atoms. The maximum Gasteiger partial charge on any atom is 0.287 e. The van der Waals surface area contributed by atoms with Crippen LogP contribution in [0.4, 0.5) is 0 Å². The van der Waals surface area contributed by atoms with E-state index < -0.39 is 22.0 Å². The van der Waals surface area contributed by atoms with Crippen LogP contribution < -0.4 is 5.32 Å². The number of hydrogen-bond donors (Lipinski definition) is 2. The first kappa shape index (κ1) is 16.9. The molecule has 1 aromatic rings. The Kier molecular flexibility index (Phi) is 5.22. The van der Waals surface area contributed by atoms with E-state index in [1.165, 1.54) is 26.2 Å². The van der Waals surface area contributed by atoms with Crippen molar-refractivity contribution in [1.82, 2.24) is 9.62 Å². The van der Waals surface area contributed by atoms with Crippen molar-refractivity contribution in [2.75, 3.05) is 33.1 Å². The summed E-state index contributed by atoms with van der Waals surface area (Å²) in [6, 6.07) is 2.57. The smallest absolute Gasteiger partial charge is 0.287 e. The monoisotopic (exact) mass is 332 g/mol. The summed E-state index contributed by atoms with van der Waals surface area (Å²) in [5.74, 6) is -0.499. The lowest BCUT2D eigenvalue weighted by Crippen LogP contribution is -2.43. The minimum atomic E-state index is -3.37. The van der Waals surface area contributed by atoms with E-state index in [1.807, 2.05) is 0 Å². The van der Waals surface area contributed by atoms with Crippen LogP contribution >= 0.6 is 0 Å². The number of amides is 1. The van der Waals surface area contributed by atoms with Crippen molar-refractivity contribution in [1.29, 1.82) is 0 Å². The van der Waals surface area contributed by atoms with Gasteiger partial charge in [-0.15, -0.1) is 0 Å². The molecule has 0 aliphatic carbocycles. The van der Waals surface area contributed by atoms with Crippen molar-refractivity contribution >= 4 is 15.9 Å². The second-order valence-electron chi connectivity index (χ2n) is 5.36. The molecule has 1 aliphatic heterocycles. The fourth-order valence-corrected chi connectivity index (χ4v) is 3.33. The van der Waals surface area contributed by atoms with Crippen molar-refractivity contribution in [3.63, 3.8) is 0 Å². The number of hydrogen-bond acceptors (Lipinski definition) is 6. The average Bonchev–Trinajstić information content (AvgIpc) is 3.08. The lowest BCUT2D eigenvalue weighted by atomic mass is 10.1. The predicted molar refractivity (Wildman–Crippen MR) is 77.7 cm³/mol. The molecule has 0 bridgehead atoms. The molecule has 0 spiro atoms. The Hall–Kier alpha value is -1.42. The number of carbonyl (C=O) groups is 1. The SMILES string of the molecule is CN(C)S(=O)(=O)C[C@@H]1COC[C@@H]1NC(=O)c1ccc(CO)o1. The number of rotatable bonds is 6. The summed E-state index contributed by atoms with van der Waals surface area (Å²) < 4.78 is 35.5. The highest BCUT2D eigenvalue weighted by Gasteiger charge is 2.34. The van der Waals surface area contributed by atoms with Gasteiger partial charge in [0.2, 0.25) is 10.0 Å². The number of sulfonamides is 1. The van der Waals surface area contributed by atoms with Gasteiger partial charge in [0.15, 0.2) is 5.76 Å².